The molecule has 192 valence electrons. The molecule has 2 heterocycles. The Morgan fingerprint density at radius 3 is 2.75 bits per heavy atom. The van der Waals surface area contributed by atoms with Gasteiger partial charge in [-0.15, -0.1) is 0 Å². The van der Waals surface area contributed by atoms with E-state index in [0.29, 0.717) is 40.2 Å². The number of quaternary nitrogens is 1. The number of amides is 2. The number of aromatic amines is 1. The lowest BCUT2D eigenvalue weighted by Gasteiger charge is -2.59. The average molecular weight is 510 g/mol. The largest absolute Gasteiger partial charge is 0.369 e. The number of piperidine rings is 1. The Kier molecular flexibility index (Phi) is 5.31. The summed E-state index contributed by atoms with van der Waals surface area (Å²) in [6, 6.07) is 5.67. The van der Waals surface area contributed by atoms with Gasteiger partial charge < -0.3 is 10.7 Å². The van der Waals surface area contributed by atoms with Crippen LogP contribution >= 0.6 is 11.6 Å². The van der Waals surface area contributed by atoms with Crippen LogP contribution in [-0.2, 0) is 16.1 Å². The molecule has 4 aliphatic rings. The number of rotatable bonds is 3. The fraction of sp³-hybridized carbons (Fsp3) is 0.621. The van der Waals surface area contributed by atoms with E-state index >= 15 is 0 Å². The van der Waals surface area contributed by atoms with Gasteiger partial charge >= 0.3 is 5.91 Å². The van der Waals surface area contributed by atoms with E-state index < -0.39 is 0 Å². The summed E-state index contributed by atoms with van der Waals surface area (Å²) >= 11 is 6.20. The molecule has 3 aliphatic carbocycles. The van der Waals surface area contributed by atoms with Gasteiger partial charge in [-0.05, 0) is 92.4 Å². The first-order valence-electron chi connectivity index (χ1n) is 13.5. The molecular formula is C29H38ClN4O2+. The van der Waals surface area contributed by atoms with Crippen LogP contribution in [0.5, 0.6) is 0 Å². The molecule has 2 aromatic rings. The molecule has 0 bridgehead atoms. The molecule has 1 unspecified atom stereocenters. The number of aromatic nitrogens is 2. The number of nitrogens with one attached hydrogen (secondary N) is 1. The SMILES string of the molecule is CC1=C2[C@](C)(CCC(=O)[N+]2(C)Cc2nc3ccc(Cl)cc3[nH]2)[C@H]2CC[C@]3(C)[C@@H](C(N)=O)CC[C@H]3[C@@H]2C1. The molecule has 0 radical (unpaired) electrons. The van der Waals surface area contributed by atoms with Gasteiger partial charge in [0.1, 0.15) is 12.2 Å². The summed E-state index contributed by atoms with van der Waals surface area (Å²) in [5.74, 6) is 2.59. The summed E-state index contributed by atoms with van der Waals surface area (Å²) in [6.45, 7) is 7.53. The number of hydrogen-bond donors (Lipinski definition) is 2. The van der Waals surface area contributed by atoms with E-state index in [1.165, 1.54) is 11.3 Å². The van der Waals surface area contributed by atoms with Crippen molar-refractivity contribution in [2.24, 2.45) is 40.2 Å². The van der Waals surface area contributed by atoms with Gasteiger partial charge in [0, 0.05) is 16.4 Å². The first kappa shape index (κ1) is 24.2. The predicted molar refractivity (Wildman–Crippen MR) is 140 cm³/mol. The van der Waals surface area contributed by atoms with E-state index in [0.717, 1.165) is 55.4 Å². The molecule has 6 rings (SSSR count). The Hall–Kier alpha value is -2.18. The summed E-state index contributed by atoms with van der Waals surface area (Å²) in [5.41, 5.74) is 10.3. The third kappa shape index (κ3) is 3.22. The second-order valence-corrected chi connectivity index (χ2v) is 13.2. The lowest BCUT2D eigenvalue weighted by Crippen LogP contribution is -2.61. The Morgan fingerprint density at radius 2 is 2.00 bits per heavy atom. The van der Waals surface area contributed by atoms with Gasteiger partial charge in [0.15, 0.2) is 5.82 Å². The van der Waals surface area contributed by atoms with Crippen LogP contribution in [0.1, 0.15) is 71.5 Å². The van der Waals surface area contributed by atoms with Crippen LogP contribution in [0, 0.1) is 34.5 Å². The number of carbonyl (C=O) groups is 2. The third-order valence-electron chi connectivity index (χ3n) is 10.9. The quantitative estimate of drug-likeness (QED) is 0.519. The number of nitrogens with two attached hydrogens (primary N) is 1. The highest BCUT2D eigenvalue weighted by molar-refractivity contribution is 6.31. The zero-order valence-electron chi connectivity index (χ0n) is 21.9. The lowest BCUT2D eigenvalue weighted by atomic mass is 9.48. The highest BCUT2D eigenvalue weighted by Gasteiger charge is 2.64. The smallest absolute Gasteiger partial charge is 0.318 e. The number of halogens is 1. The van der Waals surface area contributed by atoms with Crippen LogP contribution in [-0.4, -0.2) is 33.3 Å². The Morgan fingerprint density at radius 1 is 1.22 bits per heavy atom. The third-order valence-corrected chi connectivity index (χ3v) is 11.2. The number of hydrogen-bond acceptors (Lipinski definition) is 3. The number of fused-ring (bicyclic) bond motifs is 6. The zero-order chi connectivity index (χ0) is 25.6. The van der Waals surface area contributed by atoms with Gasteiger partial charge in [0.2, 0.25) is 5.91 Å². The van der Waals surface area contributed by atoms with E-state index in [9.17, 15) is 9.59 Å². The molecule has 2 amide bonds. The van der Waals surface area contributed by atoms with Crippen molar-refractivity contribution in [1.29, 1.82) is 0 Å². The maximum Gasteiger partial charge on any atom is 0.318 e. The van der Waals surface area contributed by atoms with Crippen molar-refractivity contribution in [3.63, 3.8) is 0 Å². The van der Waals surface area contributed by atoms with Crippen LogP contribution in [0.15, 0.2) is 29.5 Å². The Labute approximate surface area is 218 Å². The van der Waals surface area contributed by atoms with Crippen molar-refractivity contribution < 1.29 is 14.1 Å². The standard InChI is InChI=1S/C29H37ClN4O2/c1-16-13-18-19-6-7-21(27(31)36)28(19,2)11-9-20(18)29(3)12-10-25(35)34(4,26(16)29)15-24-32-22-8-5-17(30)14-23(22)33-24/h5,8,14,18-21H,6-7,9-13,15H2,1-4H3,(H2-,31,32,33,36)/p+1/t18-,19-,20-,21+,28-,29+,34?/m0/s1. The summed E-state index contributed by atoms with van der Waals surface area (Å²) in [6.07, 6.45) is 6.68. The lowest BCUT2D eigenvalue weighted by molar-refractivity contribution is -0.823. The van der Waals surface area contributed by atoms with Crippen molar-refractivity contribution in [2.75, 3.05) is 7.05 Å². The van der Waals surface area contributed by atoms with Gasteiger partial charge in [0.05, 0.1) is 24.5 Å². The molecule has 1 aliphatic heterocycles. The van der Waals surface area contributed by atoms with Gasteiger partial charge in [0.25, 0.3) is 0 Å². The van der Waals surface area contributed by atoms with E-state index in [-0.39, 0.29) is 28.6 Å². The molecule has 1 aromatic heterocycles. The van der Waals surface area contributed by atoms with Crippen molar-refractivity contribution >= 4 is 34.4 Å². The zero-order valence-corrected chi connectivity index (χ0v) is 22.6. The van der Waals surface area contributed by atoms with Gasteiger partial charge in [-0.2, -0.15) is 0 Å². The molecule has 3 fully saturated rings. The van der Waals surface area contributed by atoms with E-state index in [4.69, 9.17) is 22.3 Å². The van der Waals surface area contributed by atoms with Crippen LogP contribution in [0.4, 0.5) is 0 Å². The van der Waals surface area contributed by atoms with Crippen LogP contribution < -0.4 is 5.73 Å². The molecule has 7 atom stereocenters. The monoisotopic (exact) mass is 509 g/mol. The minimum atomic E-state index is -0.118. The van der Waals surface area contributed by atoms with Gasteiger partial charge in [-0.3, -0.25) is 4.79 Å². The number of primary amides is 1. The molecule has 6 nitrogen and oxygen atoms in total. The number of H-pyrrole nitrogens is 1. The first-order chi connectivity index (χ1) is 17.0. The first-order valence-corrected chi connectivity index (χ1v) is 13.9. The van der Waals surface area contributed by atoms with Crippen LogP contribution in [0.2, 0.25) is 5.02 Å². The number of likely N-dealkylation sites (tertiary alicyclic amines) is 1. The minimum absolute atomic E-state index is 0.00231. The maximum absolute atomic E-state index is 13.7. The highest BCUT2D eigenvalue weighted by atomic mass is 35.5. The van der Waals surface area contributed by atoms with Crippen LogP contribution in [0.3, 0.4) is 0 Å². The Balaban J connectivity index is 1.40. The number of benzene rings is 1. The highest BCUT2D eigenvalue weighted by Crippen LogP contribution is 2.67. The van der Waals surface area contributed by atoms with Gasteiger partial charge in [-0.1, -0.05) is 25.4 Å². The average Bonchev–Trinajstić information content (AvgIpc) is 3.36. The summed E-state index contributed by atoms with van der Waals surface area (Å²) in [5, 5.41) is 0.673. The molecule has 1 aromatic carbocycles. The van der Waals surface area contributed by atoms with Gasteiger partial charge in [-0.25, -0.2) is 14.3 Å². The molecule has 2 saturated carbocycles. The Bertz CT molecular complexity index is 1320. The second kappa shape index (κ2) is 7.91. The fourth-order valence-corrected chi connectivity index (χ4v) is 9.72. The number of imidazole rings is 1. The molecular weight excluding hydrogens is 472 g/mol. The number of carbonyl (C=O) groups excluding carboxylic acids is 2. The van der Waals surface area contributed by atoms with Crippen molar-refractivity contribution in [1.82, 2.24) is 9.97 Å². The second-order valence-electron chi connectivity index (χ2n) is 12.8. The van der Waals surface area contributed by atoms with Crippen molar-refractivity contribution in [3.8, 4) is 0 Å². The summed E-state index contributed by atoms with van der Waals surface area (Å²) in [7, 11) is 2.10. The maximum atomic E-state index is 13.7. The minimum Gasteiger partial charge on any atom is -0.369 e. The number of allylic oxidation sites excluding steroid dienone is 2. The molecule has 3 N–H and O–H groups in total. The molecule has 0 spiro atoms. The number of nitrogens with zero attached hydrogens (tertiary/aromatic N) is 2. The molecule has 36 heavy (non-hydrogen) atoms. The topological polar surface area (TPSA) is 88.8 Å². The molecule has 1 saturated heterocycles. The summed E-state index contributed by atoms with van der Waals surface area (Å²) in [4.78, 5) is 34.2. The summed E-state index contributed by atoms with van der Waals surface area (Å²) < 4.78 is 0.297. The van der Waals surface area contributed by atoms with Crippen molar-refractivity contribution in [3.05, 3.63) is 40.3 Å². The van der Waals surface area contributed by atoms with E-state index in [1.54, 1.807) is 0 Å². The normalized spacial score (nSPS) is 40.2. The van der Waals surface area contributed by atoms with E-state index in [1.807, 2.05) is 18.2 Å². The van der Waals surface area contributed by atoms with E-state index in [2.05, 4.69) is 32.8 Å². The fourth-order valence-electron chi connectivity index (χ4n) is 9.55. The van der Waals surface area contributed by atoms with Crippen molar-refractivity contribution in [2.45, 2.75) is 72.3 Å². The predicted octanol–water partition coefficient (Wildman–Crippen LogP) is 5.71. The van der Waals surface area contributed by atoms with Crippen LogP contribution in [0.25, 0.3) is 11.0 Å². The molecule has 7 heteroatoms.